The van der Waals surface area contributed by atoms with Gasteiger partial charge in [0.1, 0.15) is 11.5 Å². The standard InChI is InChI=1S/C42H47IN2O5/c1-5-14-32-17-19-34(20-18-32)36-23-26-40(37(29-36)30-44-45-31(4)43-39-16-11-10-15-33(39)6-2)50-42(47)35-21-24-38(25-22-35)48-27-12-8-9-13-28-49-41(46)7-3/h7,10-11,15-26,29-30,45H,3,5-6,8-9,12-14,27-28H2,1-2,4H3/b44-30+. The molecule has 50 heavy (non-hydrogen) atoms. The summed E-state index contributed by atoms with van der Waals surface area (Å²) in [6.07, 6.45) is 9.64. The minimum atomic E-state index is -0.460. The first-order valence-corrected chi connectivity index (χ1v) is 19.4. The van der Waals surface area contributed by atoms with Crippen LogP contribution < -0.4 is 14.9 Å². The highest BCUT2D eigenvalue weighted by atomic mass is 127. The number of esters is 2. The number of carbonyl (C=O) groups excluding carboxylic acids is 2. The molecule has 0 spiro atoms. The molecular formula is C42H47IN2O5. The molecular weight excluding hydrogens is 739 g/mol. The summed E-state index contributed by atoms with van der Waals surface area (Å²) in [5.74, 6) is 0.262. The summed E-state index contributed by atoms with van der Waals surface area (Å²) in [4.78, 5) is 24.4. The van der Waals surface area contributed by atoms with Gasteiger partial charge in [0.15, 0.2) is 0 Å². The van der Waals surface area contributed by atoms with Gasteiger partial charge in [0.05, 0.1) is 28.6 Å². The number of hydrogen-bond donors (Lipinski definition) is 1. The van der Waals surface area contributed by atoms with Crippen molar-refractivity contribution in [3.63, 3.8) is 0 Å². The number of carbonyl (C=O) groups is 2. The van der Waals surface area contributed by atoms with Crippen LogP contribution in [0.5, 0.6) is 11.5 Å². The lowest BCUT2D eigenvalue weighted by Crippen LogP contribution is -2.13. The number of nitrogens with zero attached hydrogens (tertiary/aromatic N) is 1. The summed E-state index contributed by atoms with van der Waals surface area (Å²) in [6, 6.07) is 29.9. The largest absolute Gasteiger partial charge is 0.494 e. The van der Waals surface area contributed by atoms with E-state index in [-0.39, 0.29) is 26.7 Å². The predicted molar refractivity (Wildman–Crippen MR) is 212 cm³/mol. The smallest absolute Gasteiger partial charge is 0.343 e. The Labute approximate surface area is 306 Å². The minimum absolute atomic E-state index is 0.386. The molecule has 0 heterocycles. The molecule has 0 aliphatic heterocycles. The Kier molecular flexibility index (Phi) is 15.9. The van der Waals surface area contributed by atoms with E-state index < -0.39 is 5.97 Å². The van der Waals surface area contributed by atoms with Crippen LogP contribution >= 0.6 is 20.7 Å². The highest BCUT2D eigenvalue weighted by molar-refractivity contribution is 14.2. The Bertz CT molecular complexity index is 1760. The molecule has 1 N–H and O–H groups in total. The van der Waals surface area contributed by atoms with Gasteiger partial charge in [0.25, 0.3) is 0 Å². The summed E-state index contributed by atoms with van der Waals surface area (Å²) in [5.41, 5.74) is 9.12. The van der Waals surface area contributed by atoms with Gasteiger partial charge in [-0.15, -0.1) is 0 Å². The number of hydrazone groups is 1. The molecule has 4 aromatic carbocycles. The van der Waals surface area contributed by atoms with Crippen molar-refractivity contribution in [3.05, 3.63) is 129 Å². The van der Waals surface area contributed by atoms with Crippen molar-refractivity contribution in [2.75, 3.05) is 13.2 Å². The van der Waals surface area contributed by atoms with Crippen LogP contribution in [0.3, 0.4) is 0 Å². The van der Waals surface area contributed by atoms with Gasteiger partial charge in [-0.2, -0.15) is 5.10 Å². The first-order valence-electron chi connectivity index (χ1n) is 17.2. The zero-order valence-electron chi connectivity index (χ0n) is 29.3. The zero-order valence-corrected chi connectivity index (χ0v) is 31.4. The molecule has 0 aliphatic carbocycles. The average molecular weight is 787 g/mol. The molecule has 0 aliphatic rings. The molecule has 0 unspecified atom stereocenters. The van der Waals surface area contributed by atoms with E-state index in [1.165, 1.54) is 20.8 Å². The molecule has 262 valence electrons. The molecule has 0 saturated heterocycles. The molecule has 0 atom stereocenters. The quantitative estimate of drug-likeness (QED) is 0.0194. The average Bonchev–Trinajstić information content (AvgIpc) is 3.14. The van der Waals surface area contributed by atoms with Crippen molar-refractivity contribution in [1.82, 2.24) is 5.43 Å². The highest BCUT2D eigenvalue weighted by Gasteiger charge is 2.13. The van der Waals surface area contributed by atoms with E-state index >= 15 is 0 Å². The van der Waals surface area contributed by atoms with Crippen molar-refractivity contribution in [2.24, 2.45) is 5.10 Å². The molecule has 0 bridgehead atoms. The Morgan fingerprint density at radius 1 is 0.860 bits per heavy atom. The van der Waals surface area contributed by atoms with Gasteiger partial charge in [-0.1, -0.05) is 96.1 Å². The molecule has 7 nitrogen and oxygen atoms in total. The van der Waals surface area contributed by atoms with E-state index in [0.717, 1.165) is 59.7 Å². The number of rotatable bonds is 19. The normalized spacial score (nSPS) is 11.5. The van der Waals surface area contributed by atoms with Crippen molar-refractivity contribution in [3.8, 4) is 22.6 Å². The number of unbranched alkanes of at least 4 members (excludes halogenated alkanes) is 3. The van der Waals surface area contributed by atoms with E-state index in [0.29, 0.717) is 35.8 Å². The Morgan fingerprint density at radius 3 is 2.30 bits per heavy atom. The summed E-state index contributed by atoms with van der Waals surface area (Å²) in [5, 5.41) is 4.57. The second-order valence-electron chi connectivity index (χ2n) is 11.7. The summed E-state index contributed by atoms with van der Waals surface area (Å²) >= 11 is -0.386. The molecule has 0 fully saturated rings. The lowest BCUT2D eigenvalue weighted by atomic mass is 10.0. The van der Waals surface area contributed by atoms with Crippen LogP contribution in [0, 0.1) is 3.57 Å². The molecule has 4 rings (SSSR count). The van der Waals surface area contributed by atoms with E-state index in [1.807, 2.05) is 18.2 Å². The van der Waals surface area contributed by atoms with Crippen LogP contribution in [0.25, 0.3) is 11.1 Å². The van der Waals surface area contributed by atoms with E-state index in [4.69, 9.17) is 14.2 Å². The van der Waals surface area contributed by atoms with Crippen LogP contribution in [0.15, 0.2) is 109 Å². The molecule has 0 radical (unpaired) electrons. The van der Waals surface area contributed by atoms with Crippen molar-refractivity contribution in [2.45, 2.75) is 65.7 Å². The molecule has 0 amide bonds. The highest BCUT2D eigenvalue weighted by Crippen LogP contribution is 2.28. The molecule has 8 heteroatoms. The topological polar surface area (TPSA) is 86.2 Å². The van der Waals surface area contributed by atoms with Crippen LogP contribution in [0.4, 0.5) is 0 Å². The van der Waals surface area contributed by atoms with Crippen LogP contribution in [-0.2, 0) is 22.4 Å². The monoisotopic (exact) mass is 786 g/mol. The predicted octanol–water partition coefficient (Wildman–Crippen LogP) is 9.67. The fraction of sp³-hybridized carbons (Fsp3) is 0.286. The number of benzene rings is 4. The van der Waals surface area contributed by atoms with Gasteiger partial charge in [-0.25, -0.2) is 9.59 Å². The Morgan fingerprint density at radius 2 is 1.58 bits per heavy atom. The van der Waals surface area contributed by atoms with Crippen LogP contribution in [0.1, 0.15) is 79.9 Å². The maximum absolute atomic E-state index is 13.3. The first kappa shape index (κ1) is 38.2. The third-order valence-electron chi connectivity index (χ3n) is 7.85. The summed E-state index contributed by atoms with van der Waals surface area (Å²) in [7, 11) is 0. The fourth-order valence-corrected chi connectivity index (χ4v) is 7.57. The maximum atomic E-state index is 13.3. The number of hydrogen-bond acceptors (Lipinski definition) is 7. The Balaban J connectivity index is 1.41. The van der Waals surface area contributed by atoms with E-state index in [1.54, 1.807) is 30.5 Å². The van der Waals surface area contributed by atoms with Crippen molar-refractivity contribution < 1.29 is 23.8 Å². The van der Waals surface area contributed by atoms with E-state index in [2.05, 4.69) is 86.4 Å². The second-order valence-corrected chi connectivity index (χ2v) is 15.0. The Hall–Kier alpha value is -4.57. The zero-order chi connectivity index (χ0) is 35.6. The number of aryl methyl sites for hydroxylation is 2. The first-order chi connectivity index (χ1) is 24.4. The molecule has 0 aromatic heterocycles. The van der Waals surface area contributed by atoms with Gasteiger partial charge in [0, 0.05) is 15.2 Å². The summed E-state index contributed by atoms with van der Waals surface area (Å²) in [6.45, 7) is 10.8. The maximum Gasteiger partial charge on any atom is 0.343 e. The summed E-state index contributed by atoms with van der Waals surface area (Å²) < 4.78 is 19.3. The van der Waals surface area contributed by atoms with Crippen molar-refractivity contribution >= 4 is 42.5 Å². The van der Waals surface area contributed by atoms with Gasteiger partial charge in [-0.05, 0) is 110 Å². The van der Waals surface area contributed by atoms with Gasteiger partial charge in [-0.3, -0.25) is 5.43 Å². The lowest BCUT2D eigenvalue weighted by molar-refractivity contribution is -0.137. The van der Waals surface area contributed by atoms with Crippen molar-refractivity contribution in [1.29, 1.82) is 0 Å². The lowest BCUT2D eigenvalue weighted by Gasteiger charge is -2.11. The minimum Gasteiger partial charge on any atom is -0.494 e. The number of ether oxygens (including phenoxy) is 3. The third-order valence-corrected chi connectivity index (χ3v) is 10.5. The third kappa shape index (κ3) is 12.4. The van der Waals surface area contributed by atoms with Crippen LogP contribution in [0.2, 0.25) is 0 Å². The van der Waals surface area contributed by atoms with Crippen LogP contribution in [-0.4, -0.2) is 35.0 Å². The SMILES string of the molecule is C=CC(=O)OCCCCCCOc1ccc(C(=O)Oc2ccc(-c3ccc(CCC)cc3)cc2/C=N/NC(C)=Ic2ccccc2CC)cc1. The van der Waals surface area contributed by atoms with Gasteiger partial charge < -0.3 is 14.2 Å². The fourth-order valence-electron chi connectivity index (χ4n) is 5.14. The molecule has 4 aromatic rings. The molecule has 0 saturated carbocycles. The second kappa shape index (κ2) is 20.8. The number of nitrogens with one attached hydrogen (secondary N) is 1. The van der Waals surface area contributed by atoms with Gasteiger partial charge in [0.2, 0.25) is 0 Å². The van der Waals surface area contributed by atoms with E-state index in [9.17, 15) is 9.59 Å². The number of halogens is 1. The van der Waals surface area contributed by atoms with Gasteiger partial charge >= 0.3 is 11.9 Å².